The molecule has 0 bridgehead atoms. The second-order valence-electron chi connectivity index (χ2n) is 8.05. The average Bonchev–Trinajstić information content (AvgIpc) is 3.32. The zero-order chi connectivity index (χ0) is 24.3. The minimum absolute atomic E-state index is 0.0399. The van der Waals surface area contributed by atoms with Crippen LogP contribution in [0, 0.1) is 0 Å². The van der Waals surface area contributed by atoms with E-state index >= 15 is 0 Å². The summed E-state index contributed by atoms with van der Waals surface area (Å²) in [6.07, 6.45) is -1.90. The maximum absolute atomic E-state index is 12.1. The topological polar surface area (TPSA) is 145 Å². The number of aromatic hydroxyl groups is 1. The molecule has 0 unspecified atom stereocenters. The summed E-state index contributed by atoms with van der Waals surface area (Å²) in [7, 11) is 0. The predicted octanol–water partition coefficient (Wildman–Crippen LogP) is 4.22. The van der Waals surface area contributed by atoms with Gasteiger partial charge in [0.25, 0.3) is 0 Å². The van der Waals surface area contributed by atoms with Crippen LogP contribution in [0.25, 0.3) is 10.2 Å². The lowest BCUT2D eigenvalue weighted by Crippen LogP contribution is -2.42. The highest BCUT2D eigenvalue weighted by atomic mass is 35.5. The van der Waals surface area contributed by atoms with E-state index in [1.54, 1.807) is 26.8 Å². The molecule has 3 aromatic heterocycles. The van der Waals surface area contributed by atoms with Crippen molar-refractivity contribution in [1.82, 2.24) is 15.3 Å². The number of halogens is 1. The first-order chi connectivity index (χ1) is 15.5. The number of carbonyl (C=O) groups is 2. The molecule has 0 radical (unpaired) electrons. The van der Waals surface area contributed by atoms with Gasteiger partial charge in [-0.15, -0.1) is 22.7 Å². The fraction of sp³-hybridized carbons (Fsp3) is 0.400. The van der Waals surface area contributed by atoms with Crippen molar-refractivity contribution in [1.29, 1.82) is 0 Å². The van der Waals surface area contributed by atoms with Crippen LogP contribution in [0.1, 0.15) is 30.5 Å². The Balaban J connectivity index is 1.94. The lowest BCUT2D eigenvalue weighted by atomic mass is 10.2. The molecule has 3 heterocycles. The van der Waals surface area contributed by atoms with E-state index in [4.69, 9.17) is 16.3 Å². The number of carbonyl (C=O) groups excluding carboxylic acids is 1. The molecule has 0 aliphatic carbocycles. The number of ether oxygens (including phenoxy) is 1. The molecule has 0 aliphatic rings. The van der Waals surface area contributed by atoms with Crippen molar-refractivity contribution in [2.45, 2.75) is 45.4 Å². The van der Waals surface area contributed by atoms with Gasteiger partial charge in [0.05, 0.1) is 24.1 Å². The first-order valence-electron chi connectivity index (χ1n) is 9.79. The SMILES string of the molecule is CC(C)(C)OC(=O)N[C@@H](CO)Cc1sc2c(N(Cc3cccs3)C(=O)O)nc(Cl)nc2c1O. The molecule has 2 amide bonds. The van der Waals surface area contributed by atoms with E-state index < -0.39 is 30.4 Å². The van der Waals surface area contributed by atoms with Gasteiger partial charge in [-0.05, 0) is 43.8 Å². The average molecular weight is 515 g/mol. The van der Waals surface area contributed by atoms with Gasteiger partial charge in [0.1, 0.15) is 15.8 Å². The van der Waals surface area contributed by atoms with Crippen LogP contribution < -0.4 is 10.2 Å². The summed E-state index contributed by atoms with van der Waals surface area (Å²) in [5, 5.41) is 34.4. The third kappa shape index (κ3) is 6.22. The number of nitrogens with one attached hydrogen (secondary N) is 1. The molecule has 4 N–H and O–H groups in total. The summed E-state index contributed by atoms with van der Waals surface area (Å²) < 4.78 is 5.53. The molecular formula is C20H23ClN4O6S2. The molecule has 0 fully saturated rings. The monoisotopic (exact) mass is 514 g/mol. The third-order valence-corrected chi connectivity index (χ3v) is 6.50. The van der Waals surface area contributed by atoms with Gasteiger partial charge < -0.3 is 25.4 Å². The normalized spacial score (nSPS) is 12.5. The molecular weight excluding hydrogens is 492 g/mol. The Kier molecular flexibility index (Phi) is 7.62. The molecule has 10 nitrogen and oxygen atoms in total. The van der Waals surface area contributed by atoms with Crippen LogP contribution in [0.2, 0.25) is 5.28 Å². The van der Waals surface area contributed by atoms with Gasteiger partial charge >= 0.3 is 12.2 Å². The molecule has 0 spiro atoms. The Morgan fingerprint density at radius 2 is 2.06 bits per heavy atom. The fourth-order valence-electron chi connectivity index (χ4n) is 2.94. The smallest absolute Gasteiger partial charge is 0.413 e. The first-order valence-corrected chi connectivity index (χ1v) is 11.9. The van der Waals surface area contributed by atoms with Crippen LogP contribution >= 0.6 is 34.3 Å². The number of hydrogen-bond acceptors (Lipinski definition) is 9. The highest BCUT2D eigenvalue weighted by molar-refractivity contribution is 7.20. The standard InChI is InChI=1S/C20H23ClN4O6S2/c1-20(2,3)31-18(28)22-10(9-26)7-12-14(27)13-15(33-12)16(24-17(21)23-13)25(19(29)30)8-11-5-4-6-32-11/h4-6,10,26-27H,7-9H2,1-3H3,(H,22,28)(H,29,30)/t10-/m1/s1. The highest BCUT2D eigenvalue weighted by Gasteiger charge is 2.27. The van der Waals surface area contributed by atoms with Crippen LogP contribution in [-0.4, -0.2) is 55.7 Å². The molecule has 0 aromatic carbocycles. The van der Waals surface area contributed by atoms with E-state index in [0.29, 0.717) is 9.58 Å². The maximum Gasteiger partial charge on any atom is 0.413 e. The molecule has 3 rings (SSSR count). The second-order valence-corrected chi connectivity index (χ2v) is 10.5. The largest absolute Gasteiger partial charge is 0.505 e. The molecule has 0 saturated heterocycles. The third-order valence-electron chi connectivity index (χ3n) is 4.29. The van der Waals surface area contributed by atoms with E-state index in [9.17, 15) is 24.9 Å². The summed E-state index contributed by atoms with van der Waals surface area (Å²) in [6, 6.07) is 2.85. The van der Waals surface area contributed by atoms with Gasteiger partial charge in [-0.2, -0.15) is 4.98 Å². The maximum atomic E-state index is 12.1. The number of aliphatic hydroxyl groups excluding tert-OH is 1. The lowest BCUT2D eigenvalue weighted by Gasteiger charge is -2.22. The molecule has 3 aromatic rings. The number of nitrogens with zero attached hydrogens (tertiary/aromatic N) is 3. The van der Waals surface area contributed by atoms with Crippen molar-refractivity contribution >= 4 is 62.5 Å². The summed E-state index contributed by atoms with van der Waals surface area (Å²) in [6.45, 7) is 4.78. The van der Waals surface area contributed by atoms with Crippen LogP contribution in [0.5, 0.6) is 5.75 Å². The van der Waals surface area contributed by atoms with E-state index in [-0.39, 0.29) is 35.3 Å². The molecule has 0 saturated carbocycles. The van der Waals surface area contributed by atoms with Crippen LogP contribution in [0.15, 0.2) is 17.5 Å². The summed E-state index contributed by atoms with van der Waals surface area (Å²) in [5.74, 6) is -0.176. The molecule has 13 heteroatoms. The van der Waals surface area contributed by atoms with Gasteiger partial charge in [-0.1, -0.05) is 6.07 Å². The number of anilines is 1. The predicted molar refractivity (Wildman–Crippen MR) is 127 cm³/mol. The van der Waals surface area contributed by atoms with Crippen molar-refractivity contribution < 1.29 is 29.6 Å². The number of fused-ring (bicyclic) bond motifs is 1. The van der Waals surface area contributed by atoms with Gasteiger partial charge in [-0.3, -0.25) is 4.90 Å². The van der Waals surface area contributed by atoms with E-state index in [2.05, 4.69) is 15.3 Å². The molecule has 0 aliphatic heterocycles. The number of alkyl carbamates (subject to hydrolysis) is 1. The quantitative estimate of drug-likeness (QED) is 0.343. The zero-order valence-corrected chi connectivity index (χ0v) is 20.4. The Morgan fingerprint density at radius 1 is 1.33 bits per heavy atom. The number of hydrogen-bond donors (Lipinski definition) is 4. The second kappa shape index (κ2) is 10.1. The van der Waals surface area contributed by atoms with E-state index in [1.807, 2.05) is 11.4 Å². The summed E-state index contributed by atoms with van der Waals surface area (Å²) in [5.41, 5.74) is -0.620. The lowest BCUT2D eigenvalue weighted by molar-refractivity contribution is 0.0482. The molecule has 33 heavy (non-hydrogen) atoms. The van der Waals surface area contributed by atoms with Gasteiger partial charge in [0.2, 0.25) is 5.28 Å². The first kappa shape index (κ1) is 25.0. The van der Waals surface area contributed by atoms with Crippen molar-refractivity contribution in [3.05, 3.63) is 32.6 Å². The summed E-state index contributed by atoms with van der Waals surface area (Å²) in [4.78, 5) is 34.5. The Hall–Kier alpha value is -2.67. The Labute approximate surface area is 202 Å². The number of thiophene rings is 2. The van der Waals surface area contributed by atoms with E-state index in [0.717, 1.165) is 21.1 Å². The van der Waals surface area contributed by atoms with E-state index in [1.165, 1.54) is 11.3 Å². The minimum Gasteiger partial charge on any atom is -0.505 e. The Bertz CT molecular complexity index is 1150. The summed E-state index contributed by atoms with van der Waals surface area (Å²) >= 11 is 8.50. The van der Waals surface area contributed by atoms with Crippen molar-refractivity contribution in [2.24, 2.45) is 0 Å². The van der Waals surface area contributed by atoms with Gasteiger partial charge in [-0.25, -0.2) is 14.6 Å². The molecule has 1 atom stereocenters. The van der Waals surface area contributed by atoms with Crippen molar-refractivity contribution in [2.75, 3.05) is 11.5 Å². The number of rotatable bonds is 7. The molecule has 178 valence electrons. The number of aliphatic hydroxyl groups is 1. The fourth-order valence-corrected chi connectivity index (χ4v) is 5.01. The zero-order valence-electron chi connectivity index (χ0n) is 18.0. The van der Waals surface area contributed by atoms with Gasteiger partial charge in [0.15, 0.2) is 11.6 Å². The number of amides is 2. The van der Waals surface area contributed by atoms with Gasteiger partial charge in [0, 0.05) is 11.3 Å². The van der Waals surface area contributed by atoms with Crippen LogP contribution in [0.4, 0.5) is 15.4 Å². The van der Waals surface area contributed by atoms with Crippen molar-refractivity contribution in [3.8, 4) is 5.75 Å². The van der Waals surface area contributed by atoms with Crippen molar-refractivity contribution in [3.63, 3.8) is 0 Å². The minimum atomic E-state index is -1.24. The highest BCUT2D eigenvalue weighted by Crippen LogP contribution is 2.41. The Morgan fingerprint density at radius 3 is 2.64 bits per heavy atom. The van der Waals surface area contributed by atoms with Crippen LogP contribution in [0.3, 0.4) is 0 Å². The number of aromatic nitrogens is 2. The van der Waals surface area contributed by atoms with Crippen LogP contribution in [-0.2, 0) is 17.7 Å². The number of carboxylic acid groups (broad SMARTS) is 1.